The van der Waals surface area contributed by atoms with E-state index in [9.17, 15) is 9.59 Å². The van der Waals surface area contributed by atoms with Crippen molar-refractivity contribution >= 4 is 29.0 Å². The summed E-state index contributed by atoms with van der Waals surface area (Å²) < 4.78 is 5.70. The molecule has 2 aromatic carbocycles. The van der Waals surface area contributed by atoms with Gasteiger partial charge in [0.15, 0.2) is 6.10 Å². The van der Waals surface area contributed by atoms with Gasteiger partial charge in [-0.1, -0.05) is 30.4 Å². The fourth-order valence-corrected chi connectivity index (χ4v) is 2.74. The van der Waals surface area contributed by atoms with Crippen molar-refractivity contribution in [3.05, 3.63) is 60.7 Å². The van der Waals surface area contributed by atoms with Crippen molar-refractivity contribution in [3.63, 3.8) is 0 Å². The smallest absolute Gasteiger partial charge is 0.323 e. The third-order valence-electron chi connectivity index (χ3n) is 3.89. The highest BCUT2D eigenvalue weighted by Gasteiger charge is 2.31. The molecule has 6 nitrogen and oxygen atoms in total. The number of hydrogen-bond donors (Lipinski definition) is 2. The van der Waals surface area contributed by atoms with Crippen LogP contribution in [0.3, 0.4) is 0 Å². The number of fused-ring (bicyclic) bond motifs is 1. The molecule has 3 amide bonds. The zero-order valence-corrected chi connectivity index (χ0v) is 14.8. The lowest BCUT2D eigenvalue weighted by atomic mass is 10.1. The Hall–Kier alpha value is -3.28. The third kappa shape index (κ3) is 3.85. The SMILES string of the molecule is C=C(C)CN1C(=O)C(C)Oc2cc(NC(=O)Nc3ccccc3)ccc21. The van der Waals surface area contributed by atoms with Crippen LogP contribution in [0.25, 0.3) is 0 Å². The average molecular weight is 351 g/mol. The van der Waals surface area contributed by atoms with Gasteiger partial charge < -0.3 is 20.3 Å². The predicted octanol–water partition coefficient (Wildman–Crippen LogP) is 4.02. The highest BCUT2D eigenvalue weighted by atomic mass is 16.5. The standard InChI is InChI=1S/C20H21N3O3/c1-13(2)12-23-17-10-9-16(11-18(17)26-14(3)19(23)24)22-20(25)21-15-7-5-4-6-8-15/h4-11,14H,1,12H2,2-3H3,(H2,21,22,25). The zero-order valence-electron chi connectivity index (χ0n) is 14.8. The van der Waals surface area contributed by atoms with E-state index >= 15 is 0 Å². The summed E-state index contributed by atoms with van der Waals surface area (Å²) in [4.78, 5) is 26.2. The van der Waals surface area contributed by atoms with Gasteiger partial charge in [-0.3, -0.25) is 4.79 Å². The van der Waals surface area contributed by atoms with Crippen LogP contribution in [0.2, 0.25) is 0 Å². The van der Waals surface area contributed by atoms with Crippen molar-refractivity contribution in [1.82, 2.24) is 0 Å². The molecule has 26 heavy (non-hydrogen) atoms. The second-order valence-corrected chi connectivity index (χ2v) is 6.27. The van der Waals surface area contributed by atoms with Crippen molar-refractivity contribution in [3.8, 4) is 5.75 Å². The van der Waals surface area contributed by atoms with Gasteiger partial charge in [-0.15, -0.1) is 0 Å². The number of ether oxygens (including phenoxy) is 1. The van der Waals surface area contributed by atoms with Crippen molar-refractivity contribution < 1.29 is 14.3 Å². The van der Waals surface area contributed by atoms with Crippen molar-refractivity contribution in [2.75, 3.05) is 22.1 Å². The van der Waals surface area contributed by atoms with E-state index in [1.54, 1.807) is 42.2 Å². The van der Waals surface area contributed by atoms with E-state index < -0.39 is 6.10 Å². The molecule has 1 atom stereocenters. The number of anilines is 3. The van der Waals surface area contributed by atoms with Gasteiger partial charge in [0, 0.05) is 24.0 Å². The minimum atomic E-state index is -0.588. The number of urea groups is 1. The predicted molar refractivity (Wildman–Crippen MR) is 103 cm³/mol. The van der Waals surface area contributed by atoms with E-state index in [4.69, 9.17) is 4.74 Å². The number of benzene rings is 2. The zero-order chi connectivity index (χ0) is 18.7. The van der Waals surface area contributed by atoms with Gasteiger partial charge in [-0.2, -0.15) is 0 Å². The largest absolute Gasteiger partial charge is 0.479 e. The summed E-state index contributed by atoms with van der Waals surface area (Å²) in [5.41, 5.74) is 2.83. The maximum Gasteiger partial charge on any atom is 0.323 e. The Morgan fingerprint density at radius 2 is 1.85 bits per heavy atom. The Bertz CT molecular complexity index is 849. The molecule has 0 saturated carbocycles. The Kier molecular flexibility index (Phi) is 4.93. The minimum Gasteiger partial charge on any atom is -0.479 e. The van der Waals surface area contributed by atoms with E-state index in [-0.39, 0.29) is 11.9 Å². The molecule has 0 fully saturated rings. The van der Waals surface area contributed by atoms with Crippen LogP contribution in [0, 0.1) is 0 Å². The van der Waals surface area contributed by atoms with E-state index in [0.29, 0.717) is 29.4 Å². The number of carbonyl (C=O) groups excluding carboxylic acids is 2. The van der Waals surface area contributed by atoms with Crippen molar-refractivity contribution in [1.29, 1.82) is 0 Å². The normalized spacial score (nSPS) is 15.7. The van der Waals surface area contributed by atoms with Gasteiger partial charge in [0.25, 0.3) is 5.91 Å². The molecule has 1 unspecified atom stereocenters. The maximum atomic E-state index is 12.4. The monoisotopic (exact) mass is 351 g/mol. The summed E-state index contributed by atoms with van der Waals surface area (Å²) in [5, 5.41) is 5.53. The fraction of sp³-hybridized carbons (Fsp3) is 0.200. The summed E-state index contributed by atoms with van der Waals surface area (Å²) in [7, 11) is 0. The van der Waals surface area contributed by atoms with Crippen LogP contribution in [0.15, 0.2) is 60.7 Å². The maximum absolute atomic E-state index is 12.4. The fourth-order valence-electron chi connectivity index (χ4n) is 2.74. The summed E-state index contributed by atoms with van der Waals surface area (Å²) in [6, 6.07) is 14.0. The molecule has 0 aromatic heterocycles. The van der Waals surface area contributed by atoms with Crippen LogP contribution in [0.5, 0.6) is 5.75 Å². The lowest BCUT2D eigenvalue weighted by molar-refractivity contribution is -0.125. The van der Waals surface area contributed by atoms with Gasteiger partial charge >= 0.3 is 6.03 Å². The molecular weight excluding hydrogens is 330 g/mol. The molecular formula is C20H21N3O3. The molecule has 0 radical (unpaired) electrons. The number of nitrogens with one attached hydrogen (secondary N) is 2. The van der Waals surface area contributed by atoms with Gasteiger partial charge in [-0.05, 0) is 38.1 Å². The number of amides is 3. The molecule has 2 N–H and O–H groups in total. The Balaban J connectivity index is 1.77. The molecule has 0 saturated heterocycles. The van der Waals surface area contributed by atoms with E-state index in [0.717, 1.165) is 5.57 Å². The molecule has 0 bridgehead atoms. The third-order valence-corrected chi connectivity index (χ3v) is 3.89. The molecule has 1 aliphatic rings. The minimum absolute atomic E-state index is 0.108. The van der Waals surface area contributed by atoms with Crippen LogP contribution in [0.1, 0.15) is 13.8 Å². The highest BCUT2D eigenvalue weighted by molar-refractivity contribution is 6.02. The number of para-hydroxylation sites is 1. The van der Waals surface area contributed by atoms with Crippen LogP contribution >= 0.6 is 0 Å². The lowest BCUT2D eigenvalue weighted by Crippen LogP contribution is -2.45. The second kappa shape index (κ2) is 7.31. The van der Waals surface area contributed by atoms with Gasteiger partial charge in [0.1, 0.15) is 5.75 Å². The first-order valence-electron chi connectivity index (χ1n) is 8.33. The Morgan fingerprint density at radius 3 is 2.54 bits per heavy atom. The average Bonchev–Trinajstić information content (AvgIpc) is 2.59. The second-order valence-electron chi connectivity index (χ2n) is 6.27. The summed E-state index contributed by atoms with van der Waals surface area (Å²) in [5.74, 6) is 0.443. The van der Waals surface area contributed by atoms with Gasteiger partial charge in [0.2, 0.25) is 0 Å². The molecule has 134 valence electrons. The van der Waals surface area contributed by atoms with Crippen molar-refractivity contribution in [2.45, 2.75) is 20.0 Å². The first-order valence-corrected chi connectivity index (χ1v) is 8.33. The van der Waals surface area contributed by atoms with Crippen LogP contribution in [-0.2, 0) is 4.79 Å². The summed E-state index contributed by atoms with van der Waals surface area (Å²) >= 11 is 0. The lowest BCUT2D eigenvalue weighted by Gasteiger charge is -2.33. The summed E-state index contributed by atoms with van der Waals surface area (Å²) in [6.07, 6.45) is -0.588. The highest BCUT2D eigenvalue weighted by Crippen LogP contribution is 2.36. The Morgan fingerprint density at radius 1 is 1.15 bits per heavy atom. The van der Waals surface area contributed by atoms with Gasteiger partial charge in [-0.25, -0.2) is 4.79 Å². The molecule has 0 aliphatic carbocycles. The molecule has 2 aromatic rings. The number of nitrogens with zero attached hydrogens (tertiary/aromatic N) is 1. The number of carbonyl (C=O) groups is 2. The molecule has 3 rings (SSSR count). The van der Waals surface area contributed by atoms with Gasteiger partial charge in [0.05, 0.1) is 5.69 Å². The van der Waals surface area contributed by atoms with E-state index in [1.807, 2.05) is 25.1 Å². The molecule has 1 heterocycles. The van der Waals surface area contributed by atoms with Crippen LogP contribution < -0.4 is 20.3 Å². The number of rotatable bonds is 4. The first kappa shape index (κ1) is 17.5. The summed E-state index contributed by atoms with van der Waals surface area (Å²) in [6.45, 7) is 7.89. The Labute approximate surface area is 152 Å². The topological polar surface area (TPSA) is 70.7 Å². The van der Waals surface area contributed by atoms with Crippen LogP contribution in [0.4, 0.5) is 21.9 Å². The van der Waals surface area contributed by atoms with E-state index in [1.165, 1.54) is 0 Å². The van der Waals surface area contributed by atoms with E-state index in [2.05, 4.69) is 17.2 Å². The number of hydrogen-bond acceptors (Lipinski definition) is 3. The van der Waals surface area contributed by atoms with Crippen LogP contribution in [-0.4, -0.2) is 24.6 Å². The quantitative estimate of drug-likeness (QED) is 0.817. The molecule has 1 aliphatic heterocycles. The molecule has 0 spiro atoms. The van der Waals surface area contributed by atoms with Crippen molar-refractivity contribution in [2.24, 2.45) is 0 Å². The molecule has 6 heteroatoms. The first-order chi connectivity index (χ1) is 12.4.